The molecule has 1 atom stereocenters. The van der Waals surface area contributed by atoms with Crippen LogP contribution >= 0.6 is 11.8 Å². The van der Waals surface area contributed by atoms with Gasteiger partial charge in [-0.15, -0.1) is 0 Å². The highest BCUT2D eigenvalue weighted by Crippen LogP contribution is 2.35. The minimum absolute atomic E-state index is 0.226. The van der Waals surface area contributed by atoms with E-state index in [1.165, 1.54) is 21.9 Å². The van der Waals surface area contributed by atoms with E-state index in [-0.39, 0.29) is 5.54 Å². The molecule has 1 aliphatic rings. The van der Waals surface area contributed by atoms with Crippen molar-refractivity contribution in [1.29, 1.82) is 0 Å². The van der Waals surface area contributed by atoms with E-state index in [1.807, 2.05) is 0 Å². The van der Waals surface area contributed by atoms with Crippen molar-refractivity contribution in [2.24, 2.45) is 10.7 Å². The van der Waals surface area contributed by atoms with Crippen LogP contribution in [-0.4, -0.2) is 10.9 Å². The van der Waals surface area contributed by atoms with Crippen LogP contribution in [0.1, 0.15) is 24.5 Å². The number of hydrogen-bond donors (Lipinski definition) is 2. The molecule has 1 aliphatic heterocycles. The first-order valence-electron chi connectivity index (χ1n) is 8.93. The highest BCUT2D eigenvalue weighted by molar-refractivity contribution is 8.13. The second-order valence-electron chi connectivity index (χ2n) is 6.94. The van der Waals surface area contributed by atoms with Crippen molar-refractivity contribution in [3.05, 3.63) is 77.9 Å². The van der Waals surface area contributed by atoms with Crippen LogP contribution in [0.15, 0.2) is 71.7 Å². The van der Waals surface area contributed by atoms with Crippen LogP contribution in [0.5, 0.6) is 0 Å². The van der Waals surface area contributed by atoms with Gasteiger partial charge in [0, 0.05) is 18.0 Å². The Morgan fingerprint density at radius 3 is 2.73 bits per heavy atom. The number of aliphatic imine (C=N–C) groups is 1. The van der Waals surface area contributed by atoms with Crippen LogP contribution in [0.3, 0.4) is 0 Å². The van der Waals surface area contributed by atoms with Crippen LogP contribution in [0.4, 0.5) is 5.69 Å². The van der Waals surface area contributed by atoms with Gasteiger partial charge in [-0.25, -0.2) is 0 Å². The molecular formula is C22H23N3S. The van der Waals surface area contributed by atoms with Gasteiger partial charge in [0.1, 0.15) is 0 Å². The molecule has 0 bridgehead atoms. The first kappa shape index (κ1) is 17.0. The molecule has 0 amide bonds. The van der Waals surface area contributed by atoms with E-state index in [9.17, 15) is 0 Å². The van der Waals surface area contributed by atoms with Crippen molar-refractivity contribution in [3.63, 3.8) is 0 Å². The van der Waals surface area contributed by atoms with Crippen molar-refractivity contribution >= 4 is 33.4 Å². The van der Waals surface area contributed by atoms with E-state index >= 15 is 0 Å². The Balaban J connectivity index is 1.52. The summed E-state index contributed by atoms with van der Waals surface area (Å²) in [5.41, 5.74) is 9.34. The van der Waals surface area contributed by atoms with Gasteiger partial charge in [0.15, 0.2) is 5.17 Å². The standard InChI is InChI=1S/C22H23N3S/c1-22(11-12-26-21(23)25-22)19-7-4-8-20(14-19)24-15-16-9-10-17-5-2-3-6-18(17)13-16/h2-10,13-14,24H,11-12,15H2,1H3,(H2,23,25). The number of nitrogens with two attached hydrogens (primary N) is 1. The van der Waals surface area contributed by atoms with E-state index in [2.05, 4.69) is 79.0 Å². The fraction of sp³-hybridized carbons (Fsp3) is 0.227. The summed E-state index contributed by atoms with van der Waals surface area (Å²) in [6.45, 7) is 2.97. The second kappa shape index (κ2) is 7.04. The van der Waals surface area contributed by atoms with Crippen molar-refractivity contribution in [2.75, 3.05) is 11.1 Å². The third-order valence-electron chi connectivity index (χ3n) is 4.99. The SMILES string of the molecule is CC1(c2cccc(NCc3ccc4ccccc4c3)c2)CCSC(N)=N1. The third-order valence-corrected chi connectivity index (χ3v) is 5.79. The Morgan fingerprint density at radius 2 is 1.88 bits per heavy atom. The smallest absolute Gasteiger partial charge is 0.154 e. The monoisotopic (exact) mass is 361 g/mol. The van der Waals surface area contributed by atoms with Gasteiger partial charge in [-0.05, 0) is 53.4 Å². The fourth-order valence-electron chi connectivity index (χ4n) is 3.41. The summed E-state index contributed by atoms with van der Waals surface area (Å²) in [6, 6.07) is 23.6. The summed E-state index contributed by atoms with van der Waals surface area (Å²) in [7, 11) is 0. The molecule has 0 saturated carbocycles. The number of hydrogen-bond acceptors (Lipinski definition) is 4. The number of rotatable bonds is 4. The fourth-order valence-corrected chi connectivity index (χ4v) is 4.39. The van der Waals surface area contributed by atoms with Crippen LogP contribution in [0.25, 0.3) is 10.8 Å². The van der Waals surface area contributed by atoms with Crippen LogP contribution < -0.4 is 11.1 Å². The van der Waals surface area contributed by atoms with Gasteiger partial charge >= 0.3 is 0 Å². The number of thioether (sulfide) groups is 1. The Bertz CT molecular complexity index is 966. The van der Waals surface area contributed by atoms with E-state index in [0.717, 1.165) is 24.4 Å². The average molecular weight is 362 g/mol. The number of amidine groups is 1. The van der Waals surface area contributed by atoms with Crippen molar-refractivity contribution in [1.82, 2.24) is 0 Å². The number of nitrogens with zero attached hydrogens (tertiary/aromatic N) is 1. The summed E-state index contributed by atoms with van der Waals surface area (Å²) >= 11 is 1.64. The topological polar surface area (TPSA) is 50.4 Å². The average Bonchev–Trinajstić information content (AvgIpc) is 2.66. The number of benzene rings is 3. The second-order valence-corrected chi connectivity index (χ2v) is 8.05. The summed E-state index contributed by atoms with van der Waals surface area (Å²) < 4.78 is 0. The molecule has 3 N–H and O–H groups in total. The molecule has 132 valence electrons. The minimum Gasteiger partial charge on any atom is -0.381 e. The molecule has 0 radical (unpaired) electrons. The van der Waals surface area contributed by atoms with Gasteiger partial charge in [0.25, 0.3) is 0 Å². The first-order chi connectivity index (χ1) is 12.6. The van der Waals surface area contributed by atoms with Crippen molar-refractivity contribution < 1.29 is 0 Å². The molecule has 3 aromatic carbocycles. The molecule has 0 saturated heterocycles. The molecule has 3 aromatic rings. The van der Waals surface area contributed by atoms with E-state index in [4.69, 9.17) is 10.7 Å². The van der Waals surface area contributed by atoms with Crippen LogP contribution in [0, 0.1) is 0 Å². The summed E-state index contributed by atoms with van der Waals surface area (Å²) in [5.74, 6) is 1.01. The molecule has 1 heterocycles. The van der Waals surface area contributed by atoms with Crippen LogP contribution in [-0.2, 0) is 12.1 Å². The number of nitrogens with one attached hydrogen (secondary N) is 1. The highest BCUT2D eigenvalue weighted by atomic mass is 32.2. The van der Waals surface area contributed by atoms with Gasteiger partial charge in [-0.2, -0.15) is 0 Å². The first-order valence-corrected chi connectivity index (χ1v) is 9.91. The predicted molar refractivity (Wildman–Crippen MR) is 114 cm³/mol. The summed E-state index contributed by atoms with van der Waals surface area (Å²) in [4.78, 5) is 4.71. The number of anilines is 1. The lowest BCUT2D eigenvalue weighted by molar-refractivity contribution is 0.482. The molecule has 0 spiro atoms. The van der Waals surface area contributed by atoms with Crippen molar-refractivity contribution in [2.45, 2.75) is 25.4 Å². The quantitative estimate of drug-likeness (QED) is 0.678. The molecule has 0 aliphatic carbocycles. The maximum absolute atomic E-state index is 5.96. The molecule has 3 nitrogen and oxygen atoms in total. The van der Waals surface area contributed by atoms with E-state index < -0.39 is 0 Å². The Labute approximate surface area is 158 Å². The van der Waals surface area contributed by atoms with Crippen molar-refractivity contribution in [3.8, 4) is 0 Å². The zero-order valence-corrected chi connectivity index (χ0v) is 15.7. The van der Waals surface area contributed by atoms with Crippen LogP contribution in [0.2, 0.25) is 0 Å². The van der Waals surface area contributed by atoms with Gasteiger partial charge in [0.05, 0.1) is 5.54 Å². The largest absolute Gasteiger partial charge is 0.381 e. The predicted octanol–water partition coefficient (Wildman–Crippen LogP) is 5.12. The number of fused-ring (bicyclic) bond motifs is 1. The zero-order valence-electron chi connectivity index (χ0n) is 14.9. The molecule has 26 heavy (non-hydrogen) atoms. The lowest BCUT2D eigenvalue weighted by Gasteiger charge is -2.30. The lowest BCUT2D eigenvalue weighted by Crippen LogP contribution is -2.28. The molecular weight excluding hydrogens is 338 g/mol. The Kier molecular flexibility index (Phi) is 4.60. The summed E-state index contributed by atoms with van der Waals surface area (Å²) in [5, 5.41) is 6.79. The Hall–Kier alpha value is -2.46. The van der Waals surface area contributed by atoms with Gasteiger partial charge in [-0.3, -0.25) is 4.99 Å². The molecule has 4 rings (SSSR count). The van der Waals surface area contributed by atoms with Gasteiger partial charge in [-0.1, -0.05) is 60.3 Å². The normalized spacial score (nSPS) is 20.0. The van der Waals surface area contributed by atoms with Gasteiger partial charge < -0.3 is 11.1 Å². The Morgan fingerprint density at radius 1 is 1.04 bits per heavy atom. The maximum atomic E-state index is 5.96. The summed E-state index contributed by atoms with van der Waals surface area (Å²) in [6.07, 6.45) is 1.01. The third kappa shape index (κ3) is 3.56. The lowest BCUT2D eigenvalue weighted by atomic mass is 9.89. The van der Waals surface area contributed by atoms with E-state index in [1.54, 1.807) is 11.8 Å². The van der Waals surface area contributed by atoms with E-state index in [0.29, 0.717) is 5.17 Å². The highest BCUT2D eigenvalue weighted by Gasteiger charge is 2.29. The minimum atomic E-state index is -0.226. The molecule has 1 unspecified atom stereocenters. The zero-order chi connectivity index (χ0) is 18.0. The molecule has 0 aromatic heterocycles. The van der Waals surface area contributed by atoms with Gasteiger partial charge in [0.2, 0.25) is 0 Å². The molecule has 0 fully saturated rings. The maximum Gasteiger partial charge on any atom is 0.154 e. The molecule has 4 heteroatoms.